The number of rotatable bonds is 4. The molecule has 0 saturated heterocycles. The Balaban J connectivity index is 1.58. The van der Waals surface area contributed by atoms with Gasteiger partial charge in [0.25, 0.3) is 0 Å². The van der Waals surface area contributed by atoms with Crippen LogP contribution in [-0.4, -0.2) is 4.98 Å². The zero-order chi connectivity index (χ0) is 21.0. The van der Waals surface area contributed by atoms with Gasteiger partial charge in [-0.3, -0.25) is 0 Å². The lowest BCUT2D eigenvalue weighted by molar-refractivity contribution is 1.32. The number of benzene rings is 4. The van der Waals surface area contributed by atoms with Gasteiger partial charge in [-0.2, -0.15) is 0 Å². The summed E-state index contributed by atoms with van der Waals surface area (Å²) in [5, 5.41) is 0. The average Bonchev–Trinajstić information content (AvgIpc) is 2.85. The molecular formula is C29H20BrN. The van der Waals surface area contributed by atoms with E-state index in [4.69, 9.17) is 4.98 Å². The molecule has 0 unspecified atom stereocenters. The Hall–Kier alpha value is -3.49. The lowest BCUT2D eigenvalue weighted by atomic mass is 9.97. The fourth-order valence-corrected chi connectivity index (χ4v) is 3.97. The molecule has 4 aromatic carbocycles. The molecule has 0 spiro atoms. The normalized spacial score (nSPS) is 10.7. The van der Waals surface area contributed by atoms with E-state index >= 15 is 0 Å². The summed E-state index contributed by atoms with van der Waals surface area (Å²) in [5.74, 6) is 0. The first-order chi connectivity index (χ1) is 15.3. The molecule has 0 saturated carbocycles. The van der Waals surface area contributed by atoms with E-state index in [2.05, 4.69) is 125 Å². The lowest BCUT2D eigenvalue weighted by Crippen LogP contribution is -1.91. The van der Waals surface area contributed by atoms with Crippen LogP contribution in [0.4, 0.5) is 0 Å². The third-order valence-corrected chi connectivity index (χ3v) is 5.89. The molecule has 0 bridgehead atoms. The number of hydrogen-bond donors (Lipinski definition) is 0. The Morgan fingerprint density at radius 2 is 0.774 bits per heavy atom. The Kier molecular flexibility index (Phi) is 5.47. The van der Waals surface area contributed by atoms with Crippen molar-refractivity contribution >= 4 is 15.9 Å². The molecule has 0 aliphatic rings. The fourth-order valence-electron chi connectivity index (χ4n) is 3.71. The minimum Gasteiger partial charge on any atom is -0.248 e. The van der Waals surface area contributed by atoms with Gasteiger partial charge in [-0.1, -0.05) is 113 Å². The van der Waals surface area contributed by atoms with Crippen molar-refractivity contribution in [3.05, 3.63) is 126 Å². The summed E-state index contributed by atoms with van der Waals surface area (Å²) in [6.45, 7) is 0. The first-order valence-corrected chi connectivity index (χ1v) is 11.0. The van der Waals surface area contributed by atoms with Gasteiger partial charge in [-0.05, 0) is 46.5 Å². The molecule has 1 nitrogen and oxygen atoms in total. The molecule has 1 heterocycles. The summed E-state index contributed by atoms with van der Waals surface area (Å²) in [6.07, 6.45) is 0. The number of aromatic nitrogens is 1. The van der Waals surface area contributed by atoms with Gasteiger partial charge in [-0.15, -0.1) is 0 Å². The average molecular weight is 462 g/mol. The van der Waals surface area contributed by atoms with E-state index in [1.54, 1.807) is 0 Å². The summed E-state index contributed by atoms with van der Waals surface area (Å²) < 4.78 is 1.09. The highest BCUT2D eigenvalue weighted by Crippen LogP contribution is 2.31. The third-order valence-electron chi connectivity index (χ3n) is 5.36. The predicted octanol–water partition coefficient (Wildman–Crippen LogP) is 8.51. The van der Waals surface area contributed by atoms with Gasteiger partial charge in [0.2, 0.25) is 0 Å². The lowest BCUT2D eigenvalue weighted by Gasteiger charge is -2.11. The van der Waals surface area contributed by atoms with Crippen molar-refractivity contribution in [2.24, 2.45) is 0 Å². The first-order valence-electron chi connectivity index (χ1n) is 10.3. The highest BCUT2D eigenvalue weighted by Gasteiger charge is 2.09. The SMILES string of the molecule is Brc1ccc(-c2ccc(-c3cc(-c4ccccc4)nc(-c4ccccc4)c3)cc2)cc1. The van der Waals surface area contributed by atoms with Crippen LogP contribution < -0.4 is 0 Å². The van der Waals surface area contributed by atoms with E-state index < -0.39 is 0 Å². The summed E-state index contributed by atoms with van der Waals surface area (Å²) in [7, 11) is 0. The summed E-state index contributed by atoms with van der Waals surface area (Å²) in [5.41, 5.74) is 8.95. The molecule has 2 heteroatoms. The van der Waals surface area contributed by atoms with Crippen molar-refractivity contribution in [1.82, 2.24) is 4.98 Å². The zero-order valence-corrected chi connectivity index (χ0v) is 18.5. The second kappa shape index (κ2) is 8.71. The highest BCUT2D eigenvalue weighted by atomic mass is 79.9. The maximum Gasteiger partial charge on any atom is 0.0715 e. The van der Waals surface area contributed by atoms with Crippen LogP contribution in [0.1, 0.15) is 0 Å². The number of nitrogens with zero attached hydrogens (tertiary/aromatic N) is 1. The minimum atomic E-state index is 0.980. The van der Waals surface area contributed by atoms with Gasteiger partial charge in [0, 0.05) is 15.6 Å². The molecule has 1 aromatic heterocycles. The van der Waals surface area contributed by atoms with Gasteiger partial charge < -0.3 is 0 Å². The molecule has 0 N–H and O–H groups in total. The molecule has 0 aliphatic heterocycles. The molecule has 31 heavy (non-hydrogen) atoms. The maximum atomic E-state index is 4.97. The predicted molar refractivity (Wildman–Crippen MR) is 134 cm³/mol. The molecule has 5 aromatic rings. The van der Waals surface area contributed by atoms with Crippen LogP contribution in [0, 0.1) is 0 Å². The molecule has 0 aliphatic carbocycles. The van der Waals surface area contributed by atoms with Crippen molar-refractivity contribution in [2.45, 2.75) is 0 Å². The van der Waals surface area contributed by atoms with Crippen LogP contribution >= 0.6 is 15.9 Å². The van der Waals surface area contributed by atoms with Crippen molar-refractivity contribution in [3.63, 3.8) is 0 Å². The molecular weight excluding hydrogens is 442 g/mol. The summed E-state index contributed by atoms with van der Waals surface area (Å²) >= 11 is 3.51. The third kappa shape index (κ3) is 4.35. The topological polar surface area (TPSA) is 12.9 Å². The monoisotopic (exact) mass is 461 g/mol. The van der Waals surface area contributed by atoms with E-state index in [9.17, 15) is 0 Å². The molecule has 0 radical (unpaired) electrons. The highest BCUT2D eigenvalue weighted by molar-refractivity contribution is 9.10. The first kappa shape index (κ1) is 19.5. The van der Waals surface area contributed by atoms with Crippen LogP contribution in [0.25, 0.3) is 44.8 Å². The molecule has 0 atom stereocenters. The number of hydrogen-bond acceptors (Lipinski definition) is 1. The largest absolute Gasteiger partial charge is 0.248 e. The number of halogens is 1. The van der Waals surface area contributed by atoms with E-state index in [1.165, 1.54) is 16.7 Å². The Labute approximate surface area is 191 Å². The standard InChI is InChI=1S/C29H20BrN/c30-27-17-15-22(16-18-27)21-11-13-23(14-12-21)26-19-28(24-7-3-1-4-8-24)31-29(20-26)25-9-5-2-6-10-25/h1-20H. The quantitative estimate of drug-likeness (QED) is 0.261. The van der Waals surface area contributed by atoms with Crippen LogP contribution in [0.3, 0.4) is 0 Å². The second-order valence-corrected chi connectivity index (χ2v) is 8.36. The summed E-state index contributed by atoms with van der Waals surface area (Å²) in [4.78, 5) is 4.97. The number of pyridine rings is 1. The second-order valence-electron chi connectivity index (χ2n) is 7.44. The van der Waals surface area contributed by atoms with E-state index in [-0.39, 0.29) is 0 Å². The smallest absolute Gasteiger partial charge is 0.0715 e. The Bertz CT molecular complexity index is 1240. The Morgan fingerprint density at radius 3 is 1.23 bits per heavy atom. The van der Waals surface area contributed by atoms with Gasteiger partial charge in [-0.25, -0.2) is 4.98 Å². The van der Waals surface area contributed by atoms with Gasteiger partial charge in [0.15, 0.2) is 0 Å². The molecule has 0 amide bonds. The molecule has 5 rings (SSSR count). The zero-order valence-electron chi connectivity index (χ0n) is 16.9. The maximum absolute atomic E-state index is 4.97. The van der Waals surface area contributed by atoms with Crippen molar-refractivity contribution in [2.75, 3.05) is 0 Å². The molecule has 0 fully saturated rings. The van der Waals surface area contributed by atoms with E-state index in [0.717, 1.165) is 32.6 Å². The van der Waals surface area contributed by atoms with Gasteiger partial charge in [0.1, 0.15) is 0 Å². The van der Waals surface area contributed by atoms with Crippen LogP contribution in [0.15, 0.2) is 126 Å². The van der Waals surface area contributed by atoms with Crippen LogP contribution in [-0.2, 0) is 0 Å². The van der Waals surface area contributed by atoms with Crippen molar-refractivity contribution < 1.29 is 0 Å². The summed E-state index contributed by atoms with van der Waals surface area (Å²) in [6, 6.07) is 42.2. The minimum absolute atomic E-state index is 0.980. The van der Waals surface area contributed by atoms with Gasteiger partial charge >= 0.3 is 0 Å². The van der Waals surface area contributed by atoms with Crippen molar-refractivity contribution in [3.8, 4) is 44.8 Å². The van der Waals surface area contributed by atoms with Crippen LogP contribution in [0.2, 0.25) is 0 Å². The van der Waals surface area contributed by atoms with Crippen LogP contribution in [0.5, 0.6) is 0 Å². The fraction of sp³-hybridized carbons (Fsp3) is 0. The van der Waals surface area contributed by atoms with Gasteiger partial charge in [0.05, 0.1) is 11.4 Å². The molecule has 148 valence electrons. The van der Waals surface area contributed by atoms with E-state index in [1.807, 2.05) is 12.1 Å². The van der Waals surface area contributed by atoms with E-state index in [0.29, 0.717) is 0 Å². The Morgan fingerprint density at radius 1 is 0.387 bits per heavy atom. The van der Waals surface area contributed by atoms with Crippen molar-refractivity contribution in [1.29, 1.82) is 0 Å².